The number of hydrogen-bond donors (Lipinski definition) is 1. The number of hydrogen-bond acceptors (Lipinski definition) is 5. The van der Waals surface area contributed by atoms with E-state index in [-0.39, 0.29) is 18.5 Å². The van der Waals surface area contributed by atoms with Crippen molar-refractivity contribution in [1.29, 1.82) is 0 Å². The molecule has 1 aliphatic rings. The number of aliphatic carboxylic acids is 1. The average molecular weight is 279 g/mol. The van der Waals surface area contributed by atoms with Crippen molar-refractivity contribution in [1.82, 2.24) is 19.7 Å². The van der Waals surface area contributed by atoms with Crippen molar-refractivity contribution in [3.8, 4) is 0 Å². The standard InChI is InChI=1S/C12H17N5O3/c1-7-10(11(20)15(3)5-9(18)19)8(2)17-12(16(7)4)13-6-14-17/h6,8H,5H2,1-4H3,(H,18,19). The van der Waals surface area contributed by atoms with Crippen molar-refractivity contribution in [3.63, 3.8) is 0 Å². The Morgan fingerprint density at radius 2 is 2.15 bits per heavy atom. The first-order chi connectivity index (χ1) is 9.34. The predicted molar refractivity (Wildman–Crippen MR) is 71.1 cm³/mol. The van der Waals surface area contributed by atoms with E-state index in [0.717, 1.165) is 5.70 Å². The minimum atomic E-state index is -1.04. The maximum absolute atomic E-state index is 12.4. The second-order valence-electron chi connectivity index (χ2n) is 4.79. The molecule has 2 heterocycles. The number of allylic oxidation sites excluding steroid dienone is 1. The van der Waals surface area contributed by atoms with Gasteiger partial charge in [0.1, 0.15) is 12.9 Å². The van der Waals surface area contributed by atoms with Gasteiger partial charge in [-0.3, -0.25) is 9.59 Å². The van der Waals surface area contributed by atoms with Crippen LogP contribution < -0.4 is 4.90 Å². The Morgan fingerprint density at radius 3 is 2.75 bits per heavy atom. The summed E-state index contributed by atoms with van der Waals surface area (Å²) >= 11 is 0. The number of carboxylic acid groups (broad SMARTS) is 1. The molecule has 0 saturated carbocycles. The van der Waals surface area contributed by atoms with Crippen LogP contribution in [0.5, 0.6) is 0 Å². The minimum Gasteiger partial charge on any atom is -0.480 e. The van der Waals surface area contributed by atoms with Gasteiger partial charge in [-0.25, -0.2) is 4.68 Å². The molecule has 2 rings (SSSR count). The van der Waals surface area contributed by atoms with Crippen molar-refractivity contribution in [2.24, 2.45) is 0 Å². The Morgan fingerprint density at radius 1 is 1.50 bits per heavy atom. The molecule has 0 bridgehead atoms. The molecule has 1 atom stereocenters. The first-order valence-electron chi connectivity index (χ1n) is 6.15. The van der Waals surface area contributed by atoms with Crippen LogP contribution in [-0.4, -0.2) is 57.3 Å². The summed E-state index contributed by atoms with van der Waals surface area (Å²) < 4.78 is 1.65. The Hall–Kier alpha value is -2.38. The first kappa shape index (κ1) is 14.0. The second kappa shape index (κ2) is 4.95. The lowest BCUT2D eigenvalue weighted by Crippen LogP contribution is -2.39. The third kappa shape index (κ3) is 2.13. The topological polar surface area (TPSA) is 91.6 Å². The summed E-state index contributed by atoms with van der Waals surface area (Å²) in [6.45, 7) is 3.32. The molecular formula is C12H17N5O3. The Kier molecular flexibility index (Phi) is 3.47. The number of aromatic nitrogens is 3. The van der Waals surface area contributed by atoms with Crippen molar-refractivity contribution in [3.05, 3.63) is 17.6 Å². The first-order valence-corrected chi connectivity index (χ1v) is 6.15. The summed E-state index contributed by atoms with van der Waals surface area (Å²) in [6, 6.07) is -0.285. The fourth-order valence-corrected chi connectivity index (χ4v) is 2.33. The maximum atomic E-state index is 12.4. The molecule has 8 nitrogen and oxygen atoms in total. The molecule has 0 fully saturated rings. The van der Waals surface area contributed by atoms with Gasteiger partial charge in [-0.15, -0.1) is 0 Å². The van der Waals surface area contributed by atoms with Crippen LogP contribution in [0, 0.1) is 0 Å². The molecule has 1 unspecified atom stereocenters. The number of amides is 1. The van der Waals surface area contributed by atoms with Gasteiger partial charge in [0.25, 0.3) is 5.91 Å². The highest BCUT2D eigenvalue weighted by Crippen LogP contribution is 2.32. The molecule has 1 aliphatic heterocycles. The maximum Gasteiger partial charge on any atom is 0.323 e. The summed E-state index contributed by atoms with van der Waals surface area (Å²) in [5.41, 5.74) is 1.27. The molecule has 0 saturated heterocycles. The third-order valence-electron chi connectivity index (χ3n) is 3.48. The molecule has 1 aromatic heterocycles. The smallest absolute Gasteiger partial charge is 0.323 e. The number of nitrogens with zero attached hydrogens (tertiary/aromatic N) is 5. The number of carbonyl (C=O) groups is 2. The van der Waals surface area contributed by atoms with Crippen LogP contribution in [0.15, 0.2) is 17.6 Å². The Bertz CT molecular complexity index is 592. The van der Waals surface area contributed by atoms with Crippen molar-refractivity contribution in [2.75, 3.05) is 25.5 Å². The van der Waals surface area contributed by atoms with Crippen molar-refractivity contribution >= 4 is 17.8 Å². The van der Waals surface area contributed by atoms with Crippen LogP contribution in [-0.2, 0) is 9.59 Å². The van der Waals surface area contributed by atoms with E-state index in [1.165, 1.54) is 18.3 Å². The van der Waals surface area contributed by atoms with Gasteiger partial charge >= 0.3 is 5.97 Å². The van der Waals surface area contributed by atoms with E-state index in [0.29, 0.717) is 11.5 Å². The predicted octanol–water partition coefficient (Wildman–Crippen LogP) is 0.106. The minimum absolute atomic E-state index is 0.285. The number of fused-ring (bicyclic) bond motifs is 1. The van der Waals surface area contributed by atoms with Gasteiger partial charge in [-0.1, -0.05) is 0 Å². The number of rotatable bonds is 3. The van der Waals surface area contributed by atoms with E-state index in [1.807, 2.05) is 13.8 Å². The molecule has 0 aliphatic carbocycles. The summed E-state index contributed by atoms with van der Waals surface area (Å²) in [6.07, 6.45) is 1.43. The molecule has 1 amide bonds. The Balaban J connectivity index is 2.37. The van der Waals surface area contributed by atoms with E-state index in [1.54, 1.807) is 16.6 Å². The molecule has 1 N–H and O–H groups in total. The molecule has 20 heavy (non-hydrogen) atoms. The molecular weight excluding hydrogens is 262 g/mol. The van der Waals surface area contributed by atoms with E-state index < -0.39 is 5.97 Å². The van der Waals surface area contributed by atoms with Gasteiger partial charge in [-0.05, 0) is 13.8 Å². The fraction of sp³-hybridized carbons (Fsp3) is 0.500. The lowest BCUT2D eigenvalue weighted by molar-refractivity contribution is -0.142. The Labute approximate surface area is 116 Å². The van der Waals surface area contributed by atoms with Crippen LogP contribution in [0.2, 0.25) is 0 Å². The van der Waals surface area contributed by atoms with Gasteiger partial charge in [0.2, 0.25) is 5.95 Å². The van der Waals surface area contributed by atoms with Crippen molar-refractivity contribution in [2.45, 2.75) is 19.9 Å². The molecule has 0 radical (unpaired) electrons. The second-order valence-corrected chi connectivity index (χ2v) is 4.79. The number of carboxylic acids is 1. The van der Waals surface area contributed by atoms with Crippen LogP contribution in [0.25, 0.3) is 0 Å². The van der Waals surface area contributed by atoms with Gasteiger partial charge in [0, 0.05) is 19.8 Å². The van der Waals surface area contributed by atoms with Crippen molar-refractivity contribution < 1.29 is 14.7 Å². The van der Waals surface area contributed by atoms with E-state index >= 15 is 0 Å². The van der Waals surface area contributed by atoms with E-state index in [4.69, 9.17) is 5.11 Å². The van der Waals surface area contributed by atoms with Crippen LogP contribution in [0.4, 0.5) is 5.95 Å². The normalized spacial score (nSPS) is 18.0. The zero-order valence-corrected chi connectivity index (χ0v) is 11.9. The largest absolute Gasteiger partial charge is 0.480 e. The van der Waals surface area contributed by atoms with Gasteiger partial charge in [-0.2, -0.15) is 10.1 Å². The van der Waals surface area contributed by atoms with E-state index in [2.05, 4.69) is 10.1 Å². The van der Waals surface area contributed by atoms with Crippen LogP contribution in [0.1, 0.15) is 19.9 Å². The number of likely N-dealkylation sites (N-methyl/N-ethyl adjacent to an activating group) is 1. The summed E-state index contributed by atoms with van der Waals surface area (Å²) in [5.74, 6) is -0.699. The third-order valence-corrected chi connectivity index (χ3v) is 3.48. The highest BCUT2D eigenvalue weighted by Gasteiger charge is 2.33. The van der Waals surface area contributed by atoms with Crippen LogP contribution >= 0.6 is 0 Å². The molecule has 8 heteroatoms. The summed E-state index contributed by atoms with van der Waals surface area (Å²) in [5, 5.41) is 12.9. The number of carbonyl (C=O) groups excluding carboxylic acids is 1. The monoisotopic (exact) mass is 279 g/mol. The molecule has 0 spiro atoms. The zero-order valence-electron chi connectivity index (χ0n) is 11.9. The fourth-order valence-electron chi connectivity index (χ4n) is 2.33. The molecule has 108 valence electrons. The van der Waals surface area contributed by atoms with Gasteiger partial charge < -0.3 is 14.9 Å². The summed E-state index contributed by atoms with van der Waals surface area (Å²) in [7, 11) is 3.27. The SMILES string of the molecule is CC1=C(C(=O)N(C)CC(=O)O)C(C)n2ncnc2N1C. The van der Waals surface area contributed by atoms with Crippen LogP contribution in [0.3, 0.4) is 0 Å². The molecule has 0 aromatic carbocycles. The lowest BCUT2D eigenvalue weighted by Gasteiger charge is -2.33. The highest BCUT2D eigenvalue weighted by atomic mass is 16.4. The lowest BCUT2D eigenvalue weighted by atomic mass is 10.0. The average Bonchev–Trinajstić information content (AvgIpc) is 2.84. The summed E-state index contributed by atoms with van der Waals surface area (Å²) in [4.78, 5) is 30.3. The van der Waals surface area contributed by atoms with E-state index in [9.17, 15) is 9.59 Å². The highest BCUT2D eigenvalue weighted by molar-refractivity contribution is 5.97. The van der Waals surface area contributed by atoms with Gasteiger partial charge in [0.05, 0.1) is 11.6 Å². The quantitative estimate of drug-likeness (QED) is 0.844. The number of anilines is 1. The molecule has 1 aromatic rings. The van der Waals surface area contributed by atoms with Gasteiger partial charge in [0.15, 0.2) is 0 Å². The zero-order chi connectivity index (χ0) is 15.0.